The normalized spacial score (nSPS) is 12.1. The summed E-state index contributed by atoms with van der Waals surface area (Å²) in [4.78, 5) is 12.1. The Morgan fingerprint density at radius 2 is 1.57 bits per heavy atom. The van der Waals surface area contributed by atoms with Crippen molar-refractivity contribution in [2.24, 2.45) is 5.41 Å². The molecule has 1 aromatic rings. The zero-order chi connectivity index (χ0) is 16.3. The topological polar surface area (TPSA) is 38.3 Å². The maximum atomic E-state index is 12.1. The Morgan fingerprint density at radius 1 is 1.05 bits per heavy atom. The van der Waals surface area contributed by atoms with Crippen molar-refractivity contribution in [2.75, 3.05) is 6.61 Å². The first-order valence-corrected chi connectivity index (χ1v) is 7.49. The number of benzene rings is 1. The Balaban J connectivity index is 2.54. The summed E-state index contributed by atoms with van der Waals surface area (Å²) in [6.07, 6.45) is 0.912. The highest BCUT2D eigenvalue weighted by Gasteiger charge is 2.26. The van der Waals surface area contributed by atoms with Gasteiger partial charge in [0, 0.05) is 5.54 Å². The molecular formula is C18H29NO2. The van der Waals surface area contributed by atoms with Crippen molar-refractivity contribution in [1.29, 1.82) is 0 Å². The molecule has 0 aromatic heterocycles. The molecular weight excluding hydrogens is 262 g/mol. The van der Waals surface area contributed by atoms with E-state index in [1.165, 1.54) is 0 Å². The van der Waals surface area contributed by atoms with Crippen LogP contribution in [0.2, 0.25) is 0 Å². The van der Waals surface area contributed by atoms with Gasteiger partial charge in [0.25, 0.3) is 5.91 Å². The molecule has 0 radical (unpaired) electrons. The lowest BCUT2D eigenvalue weighted by Crippen LogP contribution is -2.47. The van der Waals surface area contributed by atoms with Crippen LogP contribution in [-0.4, -0.2) is 18.1 Å². The van der Waals surface area contributed by atoms with E-state index >= 15 is 0 Å². The van der Waals surface area contributed by atoms with Crippen LogP contribution >= 0.6 is 0 Å². The van der Waals surface area contributed by atoms with Gasteiger partial charge in [-0.25, -0.2) is 0 Å². The van der Waals surface area contributed by atoms with Crippen LogP contribution in [0.15, 0.2) is 18.2 Å². The lowest BCUT2D eigenvalue weighted by molar-refractivity contribution is -0.125. The molecule has 0 unspecified atom stereocenters. The first-order chi connectivity index (χ1) is 9.47. The van der Waals surface area contributed by atoms with Crippen LogP contribution in [0, 0.1) is 19.3 Å². The van der Waals surface area contributed by atoms with Gasteiger partial charge < -0.3 is 10.1 Å². The van der Waals surface area contributed by atoms with Crippen LogP contribution in [0.25, 0.3) is 0 Å². The van der Waals surface area contributed by atoms with E-state index in [0.717, 1.165) is 23.3 Å². The van der Waals surface area contributed by atoms with E-state index in [-0.39, 0.29) is 23.5 Å². The van der Waals surface area contributed by atoms with Crippen molar-refractivity contribution >= 4 is 5.91 Å². The van der Waals surface area contributed by atoms with Gasteiger partial charge in [0.2, 0.25) is 0 Å². The lowest BCUT2D eigenvalue weighted by Gasteiger charge is -2.33. The molecule has 0 spiro atoms. The molecule has 3 nitrogen and oxygen atoms in total. The third-order valence-electron chi connectivity index (χ3n) is 3.02. The van der Waals surface area contributed by atoms with Gasteiger partial charge in [-0.1, -0.05) is 26.8 Å². The fourth-order valence-corrected chi connectivity index (χ4v) is 2.95. The zero-order valence-corrected chi connectivity index (χ0v) is 14.5. The standard InChI is InChI=1S/C18H29NO2/c1-13-8-14(2)10-15(9-13)21-11-16(20)19-18(6,7)12-17(3,4)5/h8-10H,11-12H2,1-7H3,(H,19,20). The van der Waals surface area contributed by atoms with Crippen LogP contribution in [0.3, 0.4) is 0 Å². The molecule has 118 valence electrons. The summed E-state index contributed by atoms with van der Waals surface area (Å²) in [5.74, 6) is 0.666. The highest BCUT2D eigenvalue weighted by Crippen LogP contribution is 2.26. The molecule has 1 N–H and O–H groups in total. The van der Waals surface area contributed by atoms with Gasteiger partial charge in [-0.3, -0.25) is 4.79 Å². The molecule has 0 aliphatic carbocycles. The second-order valence-electron chi connectivity index (χ2n) is 7.78. The van der Waals surface area contributed by atoms with Gasteiger partial charge in [0.15, 0.2) is 6.61 Å². The Kier molecular flexibility index (Phi) is 5.43. The fraction of sp³-hybridized carbons (Fsp3) is 0.611. The number of rotatable bonds is 5. The van der Waals surface area contributed by atoms with Crippen molar-refractivity contribution < 1.29 is 9.53 Å². The van der Waals surface area contributed by atoms with E-state index in [1.54, 1.807) is 0 Å². The molecule has 0 atom stereocenters. The van der Waals surface area contributed by atoms with E-state index < -0.39 is 0 Å². The maximum absolute atomic E-state index is 12.1. The second kappa shape index (κ2) is 6.50. The summed E-state index contributed by atoms with van der Waals surface area (Å²) in [6.45, 7) is 14.7. The van der Waals surface area contributed by atoms with Crippen molar-refractivity contribution in [3.05, 3.63) is 29.3 Å². The number of ether oxygens (including phenoxy) is 1. The first-order valence-electron chi connectivity index (χ1n) is 7.49. The van der Waals surface area contributed by atoms with Crippen molar-refractivity contribution in [3.63, 3.8) is 0 Å². The van der Waals surface area contributed by atoms with Crippen LogP contribution in [0.5, 0.6) is 5.75 Å². The second-order valence-corrected chi connectivity index (χ2v) is 7.78. The molecule has 0 saturated heterocycles. The van der Waals surface area contributed by atoms with E-state index in [2.05, 4.69) is 32.2 Å². The van der Waals surface area contributed by atoms with Gasteiger partial charge in [0.1, 0.15) is 5.75 Å². The van der Waals surface area contributed by atoms with Crippen molar-refractivity contribution in [3.8, 4) is 5.75 Å². The predicted molar refractivity (Wildman–Crippen MR) is 87.7 cm³/mol. The minimum atomic E-state index is -0.235. The molecule has 0 bridgehead atoms. The fourth-order valence-electron chi connectivity index (χ4n) is 2.95. The molecule has 0 fully saturated rings. The molecule has 0 aliphatic rings. The highest BCUT2D eigenvalue weighted by molar-refractivity contribution is 5.78. The summed E-state index contributed by atoms with van der Waals surface area (Å²) >= 11 is 0. The monoisotopic (exact) mass is 291 g/mol. The van der Waals surface area contributed by atoms with Crippen LogP contribution in [0.1, 0.15) is 52.2 Å². The summed E-state index contributed by atoms with van der Waals surface area (Å²) in [5.41, 5.74) is 2.21. The molecule has 1 rings (SSSR count). The summed E-state index contributed by atoms with van der Waals surface area (Å²) in [7, 11) is 0. The summed E-state index contributed by atoms with van der Waals surface area (Å²) < 4.78 is 5.59. The Morgan fingerprint density at radius 3 is 2.05 bits per heavy atom. The van der Waals surface area contributed by atoms with E-state index in [9.17, 15) is 4.79 Å². The highest BCUT2D eigenvalue weighted by atomic mass is 16.5. The molecule has 0 heterocycles. The van der Waals surface area contributed by atoms with Crippen molar-refractivity contribution in [1.82, 2.24) is 5.32 Å². The molecule has 1 aromatic carbocycles. The van der Waals surface area contributed by atoms with E-state index in [1.807, 2.05) is 39.8 Å². The van der Waals surface area contributed by atoms with E-state index in [0.29, 0.717) is 0 Å². The number of hydrogen-bond acceptors (Lipinski definition) is 2. The number of amides is 1. The molecule has 3 heteroatoms. The predicted octanol–water partition coefficient (Wildman–Crippen LogP) is 4.01. The number of carbonyl (C=O) groups is 1. The quantitative estimate of drug-likeness (QED) is 0.890. The smallest absolute Gasteiger partial charge is 0.258 e. The molecule has 0 aliphatic heterocycles. The minimum absolute atomic E-state index is 0.0520. The Hall–Kier alpha value is -1.51. The SMILES string of the molecule is Cc1cc(C)cc(OCC(=O)NC(C)(C)CC(C)(C)C)c1. The van der Waals surface area contributed by atoms with E-state index in [4.69, 9.17) is 4.74 Å². The van der Waals surface area contributed by atoms with Crippen LogP contribution in [0.4, 0.5) is 0 Å². The van der Waals surface area contributed by atoms with Crippen LogP contribution in [-0.2, 0) is 4.79 Å². The average Bonchev–Trinajstić information content (AvgIpc) is 2.20. The molecule has 1 amide bonds. The zero-order valence-electron chi connectivity index (χ0n) is 14.5. The Labute approximate surface area is 129 Å². The van der Waals surface area contributed by atoms with Gasteiger partial charge in [-0.05, 0) is 62.8 Å². The van der Waals surface area contributed by atoms with Gasteiger partial charge in [-0.2, -0.15) is 0 Å². The maximum Gasteiger partial charge on any atom is 0.258 e. The third kappa shape index (κ3) is 7.16. The summed E-state index contributed by atoms with van der Waals surface area (Å²) in [5, 5.41) is 3.05. The molecule has 21 heavy (non-hydrogen) atoms. The van der Waals surface area contributed by atoms with Gasteiger partial charge in [0.05, 0.1) is 0 Å². The third-order valence-corrected chi connectivity index (χ3v) is 3.02. The number of carbonyl (C=O) groups excluding carboxylic acids is 1. The minimum Gasteiger partial charge on any atom is -0.484 e. The average molecular weight is 291 g/mol. The number of nitrogens with one attached hydrogen (secondary N) is 1. The molecule has 0 saturated carbocycles. The summed E-state index contributed by atoms with van der Waals surface area (Å²) in [6, 6.07) is 5.97. The van der Waals surface area contributed by atoms with Crippen molar-refractivity contribution in [2.45, 2.75) is 60.4 Å². The lowest BCUT2D eigenvalue weighted by atomic mass is 9.82. The number of aryl methyl sites for hydroxylation is 2. The van der Waals surface area contributed by atoms with Gasteiger partial charge in [-0.15, -0.1) is 0 Å². The van der Waals surface area contributed by atoms with Gasteiger partial charge >= 0.3 is 0 Å². The Bertz CT molecular complexity index is 478. The number of hydrogen-bond donors (Lipinski definition) is 1. The first kappa shape index (κ1) is 17.5. The largest absolute Gasteiger partial charge is 0.484 e. The van der Waals surface area contributed by atoms with Crippen LogP contribution < -0.4 is 10.1 Å².